The number of aromatic nitrogens is 2. The zero-order valence-electron chi connectivity index (χ0n) is 36.7. The molecule has 1 aromatic heterocycles. The third kappa shape index (κ3) is 14.3. The van der Waals surface area contributed by atoms with Gasteiger partial charge in [0.15, 0.2) is 39.9 Å². The third-order valence-electron chi connectivity index (χ3n) is 10.8. The normalized spacial score (nSPS) is 18.2. The van der Waals surface area contributed by atoms with E-state index in [0.29, 0.717) is 50.9 Å². The van der Waals surface area contributed by atoms with Crippen molar-refractivity contribution in [1.29, 1.82) is 5.41 Å². The Morgan fingerprint density at radius 3 is 1.96 bits per heavy atom. The van der Waals surface area contributed by atoms with Crippen LogP contribution in [0.5, 0.6) is 0 Å². The first kappa shape index (κ1) is 50.6. The molecule has 2 atom stereocenters. The molecule has 0 radical (unpaired) electrons. The number of anilines is 2. The van der Waals surface area contributed by atoms with E-state index in [2.05, 4.69) is 51.9 Å². The highest BCUT2D eigenvalue weighted by Gasteiger charge is 2.42. The summed E-state index contributed by atoms with van der Waals surface area (Å²) in [6.45, 7) is 1.91. The zero-order chi connectivity index (χ0) is 49.6. The van der Waals surface area contributed by atoms with Gasteiger partial charge < -0.3 is 43.0 Å². The molecule has 6 amide bonds. The molecule has 0 aliphatic carbocycles. The van der Waals surface area contributed by atoms with Crippen molar-refractivity contribution in [2.24, 2.45) is 32.8 Å². The molecule has 2 aromatic carbocycles. The van der Waals surface area contributed by atoms with E-state index in [4.69, 9.17) is 50.5 Å². The maximum absolute atomic E-state index is 13.6. The van der Waals surface area contributed by atoms with Crippen molar-refractivity contribution in [2.45, 2.75) is 56.9 Å². The van der Waals surface area contributed by atoms with E-state index in [1.165, 1.54) is 11.3 Å². The summed E-state index contributed by atoms with van der Waals surface area (Å²) in [5.74, 6) is -4.16. The maximum Gasteiger partial charge on any atom is 0.422 e. The number of nitrogen functional groups attached to an aromatic ring is 2. The number of ether oxygens (including phenoxy) is 1. The molecule has 0 spiro atoms. The predicted octanol–water partition coefficient (Wildman–Crippen LogP) is 0.404. The topological polar surface area (TPSA) is 379 Å². The third-order valence-corrected chi connectivity index (χ3v) is 11.5. The number of hydrogen-bond donors (Lipinski definition) is 11. The fraction of sp³-hybridized carbons (Fsp3) is 0.366. The lowest BCUT2D eigenvalue weighted by molar-refractivity contribution is -0.127. The number of carboxylic acid groups (broad SMARTS) is 1. The van der Waals surface area contributed by atoms with Crippen LogP contribution in [-0.4, -0.2) is 128 Å². The van der Waals surface area contributed by atoms with Crippen LogP contribution in [0.1, 0.15) is 52.9 Å². The van der Waals surface area contributed by atoms with Crippen molar-refractivity contribution in [3.8, 4) is 0 Å². The summed E-state index contributed by atoms with van der Waals surface area (Å²) in [6.07, 6.45) is 0.486. The largest absolute Gasteiger partial charge is 0.465 e. The number of carbonyl (C=O) groups is 6. The molecule has 4 heterocycles. The fourth-order valence-corrected chi connectivity index (χ4v) is 7.51. The highest BCUT2D eigenvalue weighted by molar-refractivity contribution is 6.34. The molecule has 6 rings (SSSR count). The molecule has 366 valence electrons. The number of hydrazone groups is 2. The lowest BCUT2D eigenvalue weighted by Crippen LogP contribution is -2.66. The van der Waals surface area contributed by atoms with E-state index < -0.39 is 53.2 Å². The summed E-state index contributed by atoms with van der Waals surface area (Å²) in [6, 6.07) is 14.6. The molecule has 3 aliphatic rings. The fourth-order valence-electron chi connectivity index (χ4n) is 7.17. The number of alkyl halides is 1. The molecule has 28 heteroatoms. The van der Waals surface area contributed by atoms with Crippen LogP contribution in [0, 0.1) is 17.2 Å². The second kappa shape index (κ2) is 23.7. The smallest absolute Gasteiger partial charge is 0.422 e. The maximum atomic E-state index is 13.6. The van der Waals surface area contributed by atoms with Crippen LogP contribution in [0.4, 0.5) is 21.2 Å². The predicted molar refractivity (Wildman–Crippen MR) is 252 cm³/mol. The molecule has 69 heavy (non-hydrogen) atoms. The minimum atomic E-state index is -1.61. The number of aliphatic imine (C=N–C) groups is 1. The molecule has 26 nitrogen and oxygen atoms in total. The van der Waals surface area contributed by atoms with Gasteiger partial charge in [-0.15, -0.1) is 5.10 Å². The molecule has 0 saturated carbocycles. The number of piperidine rings is 2. The second-order valence-corrected chi connectivity index (χ2v) is 16.4. The number of nitrogens with zero attached hydrogens (tertiary/aromatic N) is 8. The van der Waals surface area contributed by atoms with Gasteiger partial charge in [0, 0.05) is 51.1 Å². The number of benzene rings is 2. The Bertz CT molecular complexity index is 2480. The first-order valence-corrected chi connectivity index (χ1v) is 22.1. The van der Waals surface area contributed by atoms with Gasteiger partial charge in [-0.3, -0.25) is 50.7 Å². The zero-order valence-corrected chi connectivity index (χ0v) is 38.2. The van der Waals surface area contributed by atoms with Crippen LogP contribution in [0.3, 0.4) is 0 Å². The van der Waals surface area contributed by atoms with Crippen molar-refractivity contribution >= 4 is 94.6 Å². The van der Waals surface area contributed by atoms with Gasteiger partial charge in [-0.2, -0.15) is 10.1 Å². The number of rotatable bonds is 14. The van der Waals surface area contributed by atoms with Crippen molar-refractivity contribution < 1.29 is 38.6 Å². The summed E-state index contributed by atoms with van der Waals surface area (Å²) >= 11 is 12.2. The number of amides is 6. The number of carbonyl (C=O) groups excluding carboxylic acids is 5. The van der Waals surface area contributed by atoms with Gasteiger partial charge >= 0.3 is 12.2 Å². The Kier molecular flexibility index (Phi) is 17.4. The van der Waals surface area contributed by atoms with E-state index in [1.807, 2.05) is 29.6 Å². The molecule has 3 aliphatic heterocycles. The average molecular weight is 994 g/mol. The Hall–Kier alpha value is -7.84. The molecular weight excluding hydrogens is 943 g/mol. The standard InChI is InChI=1S/C41H50Cl2N18O8/c42-29-33(46)53-31(44)27(52-29)37(64)50-21-51-59-14-10-25(11-15-59)35(62)48-18-22-6-8-23(9-7-22)19-49-36(63)26-12-16-60(17-13-26)57-39(56-40(66)67)55-38(65)28-32(45)54-34(47)30(43)61(28)58-41(68)69-20-24-4-2-1-3-5-24/h1-9,21,25-26,28,30H,10-20H2,(H,48,62)(H,49,63)(H,58,68)(H,66,67)(H4,44,46,53)(H3,45,47,54)(H,50,51,64)(H2,55,56,57,65). The van der Waals surface area contributed by atoms with Gasteiger partial charge in [-0.25, -0.2) is 24.5 Å². The average Bonchev–Trinajstić information content (AvgIpc) is 3.33. The summed E-state index contributed by atoms with van der Waals surface area (Å²) < 4.78 is 5.22. The van der Waals surface area contributed by atoms with E-state index >= 15 is 0 Å². The second-order valence-electron chi connectivity index (χ2n) is 15.7. The molecule has 3 aromatic rings. The molecule has 14 N–H and O–H groups in total. The van der Waals surface area contributed by atoms with Gasteiger partial charge in [-0.05, 0) is 42.4 Å². The summed E-state index contributed by atoms with van der Waals surface area (Å²) in [5.41, 5.74) is 20.3. The number of halogens is 2. The van der Waals surface area contributed by atoms with Crippen LogP contribution in [0.15, 0.2) is 69.8 Å². The molecule has 2 unspecified atom stereocenters. The number of nitrogens with two attached hydrogens (primary N) is 3. The van der Waals surface area contributed by atoms with Crippen molar-refractivity contribution in [2.75, 3.05) is 37.6 Å². The van der Waals surface area contributed by atoms with E-state index in [-0.39, 0.29) is 72.4 Å². The number of hydrazine groups is 1. The van der Waals surface area contributed by atoms with Crippen molar-refractivity contribution in [3.63, 3.8) is 0 Å². The van der Waals surface area contributed by atoms with Crippen molar-refractivity contribution in [3.05, 3.63) is 82.1 Å². The van der Waals surface area contributed by atoms with Gasteiger partial charge in [0.1, 0.15) is 18.8 Å². The Balaban J connectivity index is 0.909. The Morgan fingerprint density at radius 2 is 1.38 bits per heavy atom. The first-order valence-electron chi connectivity index (χ1n) is 21.3. The number of nitrogens with one attached hydrogen (secondary N) is 7. The van der Waals surface area contributed by atoms with Gasteiger partial charge in [0.25, 0.3) is 11.8 Å². The highest BCUT2D eigenvalue weighted by Crippen LogP contribution is 2.21. The monoisotopic (exact) mass is 992 g/mol. The van der Waals surface area contributed by atoms with Crippen LogP contribution in [0.2, 0.25) is 5.15 Å². The van der Waals surface area contributed by atoms with Crippen LogP contribution in [-0.2, 0) is 38.8 Å². The van der Waals surface area contributed by atoms with Gasteiger partial charge in [0.05, 0.1) is 0 Å². The Morgan fingerprint density at radius 1 is 0.797 bits per heavy atom. The quantitative estimate of drug-likeness (QED) is 0.0451. The van der Waals surface area contributed by atoms with Crippen LogP contribution in [0.25, 0.3) is 0 Å². The summed E-state index contributed by atoms with van der Waals surface area (Å²) in [5, 5.41) is 42.7. The SMILES string of the molecule is N=C1N=C(N)C(C(=O)NC(=NN2CCC(C(=O)NCc3ccc(CNC(=O)C4CCN(N=CNC(=O)c5nc(Cl)c(N)nc5N)CC4)cc3)CC2)NC(=O)O)N(NC(=O)OCc2ccccc2)C1Cl. The number of guanidine groups is 1. The van der Waals surface area contributed by atoms with Gasteiger partial charge in [-0.1, -0.05) is 77.8 Å². The number of hydrogen-bond acceptors (Lipinski definition) is 18. The van der Waals surface area contributed by atoms with E-state index in [9.17, 15) is 33.9 Å². The molecular formula is C41H50Cl2N18O8. The summed E-state index contributed by atoms with van der Waals surface area (Å²) in [4.78, 5) is 87.9. The van der Waals surface area contributed by atoms with E-state index in [1.54, 1.807) is 35.3 Å². The molecule has 2 fully saturated rings. The first-order chi connectivity index (χ1) is 33.0. The minimum absolute atomic E-state index is 0.0828. The van der Waals surface area contributed by atoms with Gasteiger partial charge in [0.2, 0.25) is 17.8 Å². The highest BCUT2D eigenvalue weighted by atomic mass is 35.5. The lowest BCUT2D eigenvalue weighted by atomic mass is 9.96. The molecule has 2 saturated heterocycles. The van der Waals surface area contributed by atoms with E-state index in [0.717, 1.165) is 16.1 Å². The Labute approximate surface area is 403 Å². The number of amidine groups is 2. The van der Waals surface area contributed by atoms with Crippen molar-refractivity contribution in [1.82, 2.24) is 57.0 Å². The lowest BCUT2D eigenvalue weighted by Gasteiger charge is -2.36. The summed E-state index contributed by atoms with van der Waals surface area (Å²) in [7, 11) is 0. The van der Waals surface area contributed by atoms with Crippen LogP contribution >= 0.6 is 23.2 Å². The van der Waals surface area contributed by atoms with Crippen LogP contribution < -0.4 is 49.2 Å². The molecule has 0 bridgehead atoms. The minimum Gasteiger partial charge on any atom is -0.465 e.